The molecule has 3 rings (SSSR count). The number of aliphatic hydroxyl groups is 1. The lowest BCUT2D eigenvalue weighted by atomic mass is 10.2. The average molecular weight is 379 g/mol. The van der Waals surface area contributed by atoms with Gasteiger partial charge in [0.2, 0.25) is 0 Å². The molecule has 23 heavy (non-hydrogen) atoms. The second-order valence-electron chi connectivity index (χ2n) is 5.41. The number of nitrogens with two attached hydrogens (primary N) is 1. The van der Waals surface area contributed by atoms with Gasteiger partial charge in [-0.1, -0.05) is 0 Å². The maximum atomic E-state index is 12.4. The summed E-state index contributed by atoms with van der Waals surface area (Å²) < 4.78 is 30.6. The highest BCUT2D eigenvalue weighted by molar-refractivity contribution is 8.03. The molecule has 1 saturated heterocycles. The summed E-state index contributed by atoms with van der Waals surface area (Å²) in [5.74, 6) is 0. The van der Waals surface area contributed by atoms with Crippen molar-refractivity contribution in [2.45, 2.75) is 4.21 Å². The van der Waals surface area contributed by atoms with Crippen molar-refractivity contribution in [3.63, 3.8) is 0 Å². The normalized spacial score (nSPS) is 25.9. The predicted octanol–water partition coefficient (Wildman–Crippen LogP) is 0.455. The predicted molar refractivity (Wildman–Crippen MR) is 90.7 cm³/mol. The number of hydrogen-bond acceptors (Lipinski definition) is 7. The second kappa shape index (κ2) is 6.81. The molecule has 0 radical (unpaired) electrons. The van der Waals surface area contributed by atoms with Gasteiger partial charge in [0.05, 0.1) is 26.4 Å². The van der Waals surface area contributed by atoms with E-state index in [-0.39, 0.29) is 13.2 Å². The van der Waals surface area contributed by atoms with Crippen LogP contribution in [0.5, 0.6) is 0 Å². The Hall–Kier alpha value is -0.460. The van der Waals surface area contributed by atoms with Gasteiger partial charge in [-0.3, -0.25) is 4.90 Å². The number of morpholine rings is 1. The van der Waals surface area contributed by atoms with Gasteiger partial charge in [0.25, 0.3) is 0 Å². The summed E-state index contributed by atoms with van der Waals surface area (Å²) in [6, 6.07) is 1.97. The van der Waals surface area contributed by atoms with E-state index in [1.165, 1.54) is 23.3 Å². The van der Waals surface area contributed by atoms with Crippen molar-refractivity contribution in [1.29, 1.82) is 0 Å². The summed E-state index contributed by atoms with van der Waals surface area (Å²) in [5.41, 5.74) is 1.69. The summed E-state index contributed by atoms with van der Waals surface area (Å²) in [7, 11) is -3.95. The average Bonchev–Trinajstić information content (AvgIpc) is 2.94. The third-order valence-electron chi connectivity index (χ3n) is 3.94. The van der Waals surface area contributed by atoms with Crippen LogP contribution in [-0.2, 0) is 14.9 Å². The van der Waals surface area contributed by atoms with Gasteiger partial charge in [0.15, 0.2) is 5.70 Å². The summed E-state index contributed by atoms with van der Waals surface area (Å²) in [5, 5.41) is 17.0. The fraction of sp³-hybridized carbons (Fsp3) is 0.538. The van der Waals surface area contributed by atoms with E-state index in [0.717, 1.165) is 22.9 Å². The van der Waals surface area contributed by atoms with Gasteiger partial charge >= 0.3 is 10.2 Å². The molecule has 1 aromatic heterocycles. The Morgan fingerprint density at radius 3 is 2.78 bits per heavy atom. The van der Waals surface area contributed by atoms with E-state index in [1.807, 2.05) is 17.5 Å². The zero-order valence-electron chi connectivity index (χ0n) is 12.6. The van der Waals surface area contributed by atoms with Crippen LogP contribution in [0.1, 0.15) is 5.56 Å². The Labute approximate surface area is 144 Å². The van der Waals surface area contributed by atoms with Crippen molar-refractivity contribution < 1.29 is 21.6 Å². The van der Waals surface area contributed by atoms with Gasteiger partial charge in [-0.2, -0.15) is 13.6 Å². The minimum Gasteiger partial charge on any atom is -0.390 e. The molecule has 7 nitrogen and oxygen atoms in total. The zero-order chi connectivity index (χ0) is 16.5. The lowest BCUT2D eigenvalue weighted by Crippen LogP contribution is -2.54. The van der Waals surface area contributed by atoms with E-state index in [1.54, 1.807) is 0 Å². The van der Waals surface area contributed by atoms with Crippen LogP contribution in [0.4, 0.5) is 0 Å². The number of quaternary nitrogens is 1. The molecular weight excluding hydrogens is 358 g/mol. The van der Waals surface area contributed by atoms with Crippen molar-refractivity contribution in [1.82, 2.24) is 4.90 Å². The first kappa shape index (κ1) is 17.4. The quantitative estimate of drug-likeness (QED) is 0.571. The first-order valence-electron chi connectivity index (χ1n) is 7.26. The molecule has 128 valence electrons. The van der Waals surface area contributed by atoms with Crippen molar-refractivity contribution in [3.05, 3.63) is 22.7 Å². The van der Waals surface area contributed by atoms with E-state index in [9.17, 15) is 13.5 Å². The highest BCUT2D eigenvalue weighted by Crippen LogP contribution is 2.47. The number of ether oxygens (including phenoxy) is 1. The van der Waals surface area contributed by atoms with E-state index in [2.05, 4.69) is 4.90 Å². The molecule has 0 saturated carbocycles. The Kier molecular flexibility index (Phi) is 5.14. The van der Waals surface area contributed by atoms with Crippen LogP contribution in [0.15, 0.2) is 21.4 Å². The minimum absolute atomic E-state index is 0.0248. The first-order valence-corrected chi connectivity index (χ1v) is 10.4. The lowest BCUT2D eigenvalue weighted by Gasteiger charge is -2.37. The highest BCUT2D eigenvalue weighted by Gasteiger charge is 2.49. The number of hydrogen-bond donors (Lipinski definition) is 2. The summed E-state index contributed by atoms with van der Waals surface area (Å²) >= 11 is 2.68. The van der Waals surface area contributed by atoms with Crippen molar-refractivity contribution in [3.8, 4) is 0 Å². The van der Waals surface area contributed by atoms with Gasteiger partial charge in [-0.05, 0) is 11.4 Å². The van der Waals surface area contributed by atoms with Gasteiger partial charge in [0, 0.05) is 24.7 Å². The van der Waals surface area contributed by atoms with E-state index in [4.69, 9.17) is 9.88 Å². The number of fused-ring (bicyclic) bond motifs is 1. The Bertz CT molecular complexity index is 697. The molecule has 1 atom stereocenters. The topological polar surface area (TPSA) is 92.9 Å². The zero-order valence-corrected chi connectivity index (χ0v) is 15.0. The second-order valence-corrected chi connectivity index (χ2v) is 9.69. The van der Waals surface area contributed by atoms with Gasteiger partial charge in [-0.25, -0.2) is 0 Å². The summed E-state index contributed by atoms with van der Waals surface area (Å²) in [4.78, 5) is 2.16. The fourth-order valence-corrected chi connectivity index (χ4v) is 6.54. The van der Waals surface area contributed by atoms with Gasteiger partial charge in [-0.15, -0.1) is 14.6 Å². The lowest BCUT2D eigenvalue weighted by molar-refractivity contribution is -0.617. The van der Waals surface area contributed by atoms with Gasteiger partial charge in [0.1, 0.15) is 22.7 Å². The SMILES string of the molecule is NS(=O)(=O)[N+]1(CCO)Sc2sccc2C=C1CN1CCOCC1. The Balaban J connectivity index is 2.01. The molecule has 2 aliphatic rings. The molecule has 10 heteroatoms. The van der Waals surface area contributed by atoms with Crippen LogP contribution in [0.3, 0.4) is 0 Å². The molecule has 1 unspecified atom stereocenters. The third kappa shape index (κ3) is 3.35. The monoisotopic (exact) mass is 378 g/mol. The summed E-state index contributed by atoms with van der Waals surface area (Å²) in [6.07, 6.45) is 1.90. The van der Waals surface area contributed by atoms with Crippen molar-refractivity contribution >= 4 is 39.6 Å². The van der Waals surface area contributed by atoms with Crippen molar-refractivity contribution in [2.75, 3.05) is 46.0 Å². The molecule has 3 heterocycles. The minimum atomic E-state index is -3.95. The van der Waals surface area contributed by atoms with E-state index >= 15 is 0 Å². The van der Waals surface area contributed by atoms with Crippen LogP contribution >= 0.6 is 23.3 Å². The van der Waals surface area contributed by atoms with Gasteiger partial charge < -0.3 is 9.84 Å². The molecule has 0 amide bonds. The molecule has 2 aliphatic heterocycles. The van der Waals surface area contributed by atoms with E-state index < -0.39 is 13.5 Å². The van der Waals surface area contributed by atoms with Crippen LogP contribution < -0.4 is 5.14 Å². The maximum Gasteiger partial charge on any atom is 0.383 e. The van der Waals surface area contributed by atoms with Crippen LogP contribution in [-0.4, -0.2) is 67.7 Å². The third-order valence-corrected chi connectivity index (χ3v) is 8.38. The molecule has 0 spiro atoms. The number of thiophene rings is 1. The molecular formula is C13H20N3O4S3+. The highest BCUT2D eigenvalue weighted by atomic mass is 32.3. The molecule has 1 aromatic rings. The number of rotatable bonds is 5. The maximum absolute atomic E-state index is 12.4. The fourth-order valence-electron chi connectivity index (χ4n) is 2.76. The molecule has 0 aromatic carbocycles. The number of aliphatic hydroxyl groups excluding tert-OH is 1. The molecule has 0 aliphatic carbocycles. The van der Waals surface area contributed by atoms with Crippen LogP contribution in [0, 0.1) is 0 Å². The summed E-state index contributed by atoms with van der Waals surface area (Å²) in [6.45, 7) is 3.03. The molecule has 0 bridgehead atoms. The molecule has 3 N–H and O–H groups in total. The van der Waals surface area contributed by atoms with Crippen LogP contribution in [0.25, 0.3) is 6.08 Å². The molecule has 1 fully saturated rings. The largest absolute Gasteiger partial charge is 0.390 e. The smallest absolute Gasteiger partial charge is 0.383 e. The van der Waals surface area contributed by atoms with Crippen LogP contribution in [0.2, 0.25) is 0 Å². The Morgan fingerprint density at radius 2 is 2.13 bits per heavy atom. The Morgan fingerprint density at radius 1 is 1.39 bits per heavy atom. The first-order chi connectivity index (χ1) is 11.0. The van der Waals surface area contributed by atoms with E-state index in [0.29, 0.717) is 25.5 Å². The van der Waals surface area contributed by atoms with Crippen molar-refractivity contribution in [2.24, 2.45) is 5.14 Å². The standard InChI is InChI=1S/C13H20N3O4S3/c14-23(18,19)16(4-5-17)12(10-15-2-6-20-7-3-15)9-11-1-8-21-13(11)22-16/h1,8-9,17H,2-7,10H2,(H2,14,18,19)/q+1. The number of nitrogens with zero attached hydrogens (tertiary/aromatic N) is 2.